The molecule has 0 heterocycles. The van der Waals surface area contributed by atoms with Crippen molar-refractivity contribution in [3.05, 3.63) is 93.5 Å². The maximum absolute atomic E-state index is 13.2. The molecule has 0 saturated carbocycles. The number of hydrogen-bond acceptors (Lipinski definition) is 8. The van der Waals surface area contributed by atoms with Crippen molar-refractivity contribution < 1.29 is 24.0 Å². The van der Waals surface area contributed by atoms with Gasteiger partial charge in [0, 0.05) is 6.07 Å². The van der Waals surface area contributed by atoms with E-state index in [9.17, 15) is 25.0 Å². The van der Waals surface area contributed by atoms with Gasteiger partial charge < -0.3 is 14.8 Å². The Morgan fingerprint density at radius 1 is 1.03 bits per heavy atom. The van der Waals surface area contributed by atoms with Gasteiger partial charge in [0.1, 0.15) is 11.3 Å². The molecule has 3 rings (SSSR count). The minimum absolute atomic E-state index is 0.0974. The first-order valence-electron chi connectivity index (χ1n) is 11.0. The number of hydrogen-bond donors (Lipinski definition) is 1. The van der Waals surface area contributed by atoms with Crippen molar-refractivity contribution in [1.82, 2.24) is 0 Å². The molecule has 1 unspecified atom stereocenters. The van der Waals surface area contributed by atoms with Gasteiger partial charge in [-0.2, -0.15) is 5.26 Å². The van der Waals surface area contributed by atoms with E-state index < -0.39 is 34.2 Å². The van der Waals surface area contributed by atoms with Gasteiger partial charge in [-0.15, -0.1) is 0 Å². The summed E-state index contributed by atoms with van der Waals surface area (Å²) in [6, 6.07) is 18.8. The van der Waals surface area contributed by atoms with Crippen molar-refractivity contribution in [2.24, 2.45) is 0 Å². The summed E-state index contributed by atoms with van der Waals surface area (Å²) in [5, 5.41) is 24.0. The van der Waals surface area contributed by atoms with Crippen LogP contribution in [-0.2, 0) is 14.3 Å². The van der Waals surface area contributed by atoms with Crippen LogP contribution in [0.3, 0.4) is 0 Å². The van der Waals surface area contributed by atoms with E-state index in [0.29, 0.717) is 11.1 Å². The number of esters is 2. The Balaban J connectivity index is 2.10. The van der Waals surface area contributed by atoms with E-state index in [2.05, 4.69) is 11.4 Å². The number of benzene rings is 3. The van der Waals surface area contributed by atoms with E-state index in [-0.39, 0.29) is 11.3 Å². The monoisotopic (exact) mass is 487 g/mol. The Hall–Kier alpha value is -4.71. The number of nitro benzene ring substituents is 1. The van der Waals surface area contributed by atoms with Crippen LogP contribution in [0, 0.1) is 21.4 Å². The normalized spacial score (nSPS) is 11.6. The van der Waals surface area contributed by atoms with Crippen LogP contribution in [-0.4, -0.2) is 29.6 Å². The number of methoxy groups -OCH3 is 1. The highest BCUT2D eigenvalue weighted by molar-refractivity contribution is 5.99. The first-order chi connectivity index (χ1) is 17.1. The average molecular weight is 488 g/mol. The van der Waals surface area contributed by atoms with E-state index in [0.717, 1.165) is 18.2 Å². The van der Waals surface area contributed by atoms with Crippen LogP contribution in [0.25, 0.3) is 11.1 Å². The number of nitrogens with one attached hydrogen (secondary N) is 1. The van der Waals surface area contributed by atoms with Crippen LogP contribution in [0.1, 0.15) is 48.3 Å². The van der Waals surface area contributed by atoms with Crippen LogP contribution in [0.2, 0.25) is 0 Å². The smallest absolute Gasteiger partial charge is 0.340 e. The van der Waals surface area contributed by atoms with Crippen LogP contribution >= 0.6 is 0 Å². The number of nitro groups is 1. The van der Waals surface area contributed by atoms with Crippen molar-refractivity contribution in [2.45, 2.75) is 32.4 Å². The summed E-state index contributed by atoms with van der Waals surface area (Å²) in [4.78, 5) is 36.7. The van der Waals surface area contributed by atoms with E-state index in [1.54, 1.807) is 57.2 Å². The molecular weight excluding hydrogens is 462 g/mol. The maximum atomic E-state index is 13.2. The lowest BCUT2D eigenvalue weighted by atomic mass is 9.97. The zero-order valence-corrected chi connectivity index (χ0v) is 20.3. The molecule has 0 fully saturated rings. The Labute approximate surface area is 208 Å². The van der Waals surface area contributed by atoms with Crippen molar-refractivity contribution in [3.63, 3.8) is 0 Å². The zero-order valence-electron chi connectivity index (χ0n) is 20.3. The second-order valence-electron chi connectivity index (χ2n) is 8.84. The van der Waals surface area contributed by atoms with Gasteiger partial charge in [-0.1, -0.05) is 48.5 Å². The maximum Gasteiger partial charge on any atom is 0.340 e. The van der Waals surface area contributed by atoms with Gasteiger partial charge in [-0.25, -0.2) is 9.59 Å². The van der Waals surface area contributed by atoms with Crippen molar-refractivity contribution >= 4 is 23.3 Å². The Bertz CT molecular complexity index is 1340. The fourth-order valence-electron chi connectivity index (χ4n) is 3.59. The van der Waals surface area contributed by atoms with Gasteiger partial charge in [-0.3, -0.25) is 10.1 Å². The van der Waals surface area contributed by atoms with Gasteiger partial charge in [0.2, 0.25) is 0 Å². The lowest BCUT2D eigenvalue weighted by Gasteiger charge is -2.26. The van der Waals surface area contributed by atoms with Gasteiger partial charge >= 0.3 is 11.9 Å². The third-order valence-electron chi connectivity index (χ3n) is 5.18. The highest BCUT2D eigenvalue weighted by Crippen LogP contribution is 2.34. The molecule has 1 N–H and O–H groups in total. The SMILES string of the molecule is COC(=O)c1cccc([N+](=O)[O-])c1NC(C(=O)OC(C)(C)C)c1ccc(-c2ccccc2C#N)cc1. The summed E-state index contributed by atoms with van der Waals surface area (Å²) in [7, 11) is 1.16. The van der Waals surface area contributed by atoms with Crippen LogP contribution in [0.4, 0.5) is 11.4 Å². The molecule has 0 saturated heterocycles. The van der Waals surface area contributed by atoms with Crippen LogP contribution in [0.15, 0.2) is 66.7 Å². The van der Waals surface area contributed by atoms with Crippen molar-refractivity contribution in [3.8, 4) is 17.2 Å². The van der Waals surface area contributed by atoms with E-state index in [1.807, 2.05) is 12.1 Å². The Morgan fingerprint density at radius 2 is 1.69 bits per heavy atom. The molecule has 0 spiro atoms. The van der Waals surface area contributed by atoms with Gasteiger partial charge in [0.25, 0.3) is 5.69 Å². The predicted molar refractivity (Wildman–Crippen MR) is 133 cm³/mol. The standard InChI is InChI=1S/C27H25N3O6/c1-27(2,3)36-26(32)23(29-24-21(25(31)35-4)10-7-11-22(24)30(33)34)18-14-12-17(13-15-18)20-9-6-5-8-19(20)16-28/h5-15,23,29H,1-4H3. The topological polar surface area (TPSA) is 132 Å². The molecule has 0 bridgehead atoms. The Kier molecular flexibility index (Phi) is 7.70. The number of para-hydroxylation sites is 1. The summed E-state index contributed by atoms with van der Waals surface area (Å²) in [5.41, 5.74) is 0.914. The summed E-state index contributed by atoms with van der Waals surface area (Å²) in [5.74, 6) is -1.49. The Morgan fingerprint density at radius 3 is 2.28 bits per heavy atom. The largest absolute Gasteiger partial charge is 0.465 e. The second kappa shape index (κ2) is 10.7. The van der Waals surface area contributed by atoms with Crippen LogP contribution < -0.4 is 5.32 Å². The lowest BCUT2D eigenvalue weighted by Crippen LogP contribution is -2.31. The van der Waals surface area contributed by atoms with Crippen LogP contribution in [0.5, 0.6) is 0 Å². The number of ether oxygens (including phenoxy) is 2. The molecule has 3 aromatic rings. The molecule has 0 aliphatic heterocycles. The van der Waals surface area contributed by atoms with E-state index in [1.165, 1.54) is 18.2 Å². The van der Waals surface area contributed by atoms with Gasteiger partial charge in [-0.05, 0) is 49.6 Å². The predicted octanol–water partition coefficient (Wildman–Crippen LogP) is 5.41. The summed E-state index contributed by atoms with van der Waals surface area (Å²) in [6.07, 6.45) is 0. The molecule has 3 aromatic carbocycles. The summed E-state index contributed by atoms with van der Waals surface area (Å²) >= 11 is 0. The number of anilines is 1. The summed E-state index contributed by atoms with van der Waals surface area (Å²) in [6.45, 7) is 5.11. The van der Waals surface area contributed by atoms with Gasteiger partial charge in [0.05, 0.1) is 29.2 Å². The molecular formula is C27H25N3O6. The second-order valence-corrected chi connectivity index (χ2v) is 8.84. The van der Waals surface area contributed by atoms with Gasteiger partial charge in [0.15, 0.2) is 6.04 Å². The first-order valence-corrected chi connectivity index (χ1v) is 11.0. The van der Waals surface area contributed by atoms with Crippen molar-refractivity contribution in [1.29, 1.82) is 5.26 Å². The highest BCUT2D eigenvalue weighted by Gasteiger charge is 2.31. The molecule has 9 nitrogen and oxygen atoms in total. The minimum Gasteiger partial charge on any atom is -0.465 e. The minimum atomic E-state index is -1.19. The van der Waals surface area contributed by atoms with E-state index >= 15 is 0 Å². The zero-order chi connectivity index (χ0) is 26.5. The number of carbonyl (C=O) groups excluding carboxylic acids is 2. The molecule has 36 heavy (non-hydrogen) atoms. The fraction of sp³-hybridized carbons (Fsp3) is 0.222. The third-order valence-corrected chi connectivity index (χ3v) is 5.18. The van der Waals surface area contributed by atoms with Crippen molar-refractivity contribution in [2.75, 3.05) is 12.4 Å². The molecule has 0 aliphatic rings. The number of nitriles is 1. The third kappa shape index (κ3) is 5.85. The molecule has 1 atom stereocenters. The molecule has 0 radical (unpaired) electrons. The quantitative estimate of drug-likeness (QED) is 0.266. The number of nitrogens with zero attached hydrogens (tertiary/aromatic N) is 2. The lowest BCUT2D eigenvalue weighted by molar-refractivity contribution is -0.384. The number of rotatable bonds is 7. The molecule has 184 valence electrons. The average Bonchev–Trinajstić information content (AvgIpc) is 2.85. The van der Waals surface area contributed by atoms with E-state index in [4.69, 9.17) is 9.47 Å². The summed E-state index contributed by atoms with van der Waals surface area (Å²) < 4.78 is 10.4. The first kappa shape index (κ1) is 25.9. The molecule has 0 aromatic heterocycles. The highest BCUT2D eigenvalue weighted by atomic mass is 16.6. The molecule has 0 aliphatic carbocycles. The molecule has 0 amide bonds. The molecule has 9 heteroatoms. The fourth-order valence-corrected chi connectivity index (χ4v) is 3.59. The number of carbonyl (C=O) groups is 2.